The van der Waals surface area contributed by atoms with E-state index in [1.807, 2.05) is 13.1 Å². The van der Waals surface area contributed by atoms with Crippen LogP contribution in [-0.4, -0.2) is 26.3 Å². The van der Waals surface area contributed by atoms with Gasteiger partial charge in [-0.15, -0.1) is 0 Å². The number of nitrogens with one attached hydrogen (secondary N) is 1. The second kappa shape index (κ2) is 7.15. The SMILES string of the molecule is CNCc1cc(Oc2c(OC)cccc2OC)ncc1Cl. The molecule has 6 heteroatoms. The minimum atomic E-state index is 0.424. The summed E-state index contributed by atoms with van der Waals surface area (Å²) in [6.45, 7) is 0.626. The average molecular weight is 309 g/mol. The van der Waals surface area contributed by atoms with Gasteiger partial charge >= 0.3 is 0 Å². The number of halogens is 1. The number of hydrogen-bond acceptors (Lipinski definition) is 5. The zero-order chi connectivity index (χ0) is 15.2. The smallest absolute Gasteiger partial charge is 0.220 e. The molecule has 0 bridgehead atoms. The third-order valence-corrected chi connectivity index (χ3v) is 3.21. The molecule has 0 fully saturated rings. The van der Waals surface area contributed by atoms with Gasteiger partial charge in [-0.05, 0) is 24.7 Å². The molecule has 0 amide bonds. The molecule has 0 atom stereocenters. The summed E-state index contributed by atoms with van der Waals surface area (Å²) in [5.41, 5.74) is 0.901. The van der Waals surface area contributed by atoms with Gasteiger partial charge in [-0.3, -0.25) is 0 Å². The van der Waals surface area contributed by atoms with Crippen LogP contribution in [0.3, 0.4) is 0 Å². The predicted molar refractivity (Wildman–Crippen MR) is 81.6 cm³/mol. The van der Waals surface area contributed by atoms with Gasteiger partial charge in [-0.1, -0.05) is 17.7 Å². The first-order chi connectivity index (χ1) is 10.2. The number of pyridine rings is 1. The second-order valence-corrected chi connectivity index (χ2v) is 4.65. The number of nitrogens with zero attached hydrogens (tertiary/aromatic N) is 1. The summed E-state index contributed by atoms with van der Waals surface area (Å²) in [6.07, 6.45) is 1.56. The van der Waals surface area contributed by atoms with E-state index in [1.165, 1.54) is 0 Å². The second-order valence-electron chi connectivity index (χ2n) is 4.24. The Bertz CT molecular complexity index is 598. The third-order valence-electron chi connectivity index (χ3n) is 2.87. The van der Waals surface area contributed by atoms with E-state index < -0.39 is 0 Å². The van der Waals surface area contributed by atoms with E-state index in [0.29, 0.717) is 34.7 Å². The van der Waals surface area contributed by atoms with E-state index in [1.54, 1.807) is 38.6 Å². The molecule has 112 valence electrons. The van der Waals surface area contributed by atoms with Crippen molar-refractivity contribution < 1.29 is 14.2 Å². The monoisotopic (exact) mass is 308 g/mol. The van der Waals surface area contributed by atoms with Crippen LogP contribution in [0.25, 0.3) is 0 Å². The first kappa shape index (κ1) is 15.4. The largest absolute Gasteiger partial charge is 0.493 e. The number of methoxy groups -OCH3 is 2. The molecule has 0 aliphatic rings. The highest BCUT2D eigenvalue weighted by Gasteiger charge is 2.14. The number of ether oxygens (including phenoxy) is 3. The average Bonchev–Trinajstić information content (AvgIpc) is 2.51. The van der Waals surface area contributed by atoms with Gasteiger partial charge in [0.25, 0.3) is 0 Å². The first-order valence-electron chi connectivity index (χ1n) is 6.37. The zero-order valence-corrected chi connectivity index (χ0v) is 12.9. The molecule has 0 spiro atoms. The molecule has 1 aromatic carbocycles. The Balaban J connectivity index is 2.36. The van der Waals surface area contributed by atoms with Crippen LogP contribution >= 0.6 is 11.6 Å². The van der Waals surface area contributed by atoms with Gasteiger partial charge in [0.2, 0.25) is 11.6 Å². The van der Waals surface area contributed by atoms with Crippen LogP contribution < -0.4 is 19.5 Å². The van der Waals surface area contributed by atoms with Gasteiger partial charge in [-0.25, -0.2) is 4.98 Å². The fraction of sp³-hybridized carbons (Fsp3) is 0.267. The van der Waals surface area contributed by atoms with Crippen molar-refractivity contribution in [1.82, 2.24) is 10.3 Å². The topological polar surface area (TPSA) is 52.6 Å². The van der Waals surface area contributed by atoms with Crippen molar-refractivity contribution >= 4 is 11.6 Å². The van der Waals surface area contributed by atoms with Crippen LogP contribution in [0.5, 0.6) is 23.1 Å². The van der Waals surface area contributed by atoms with Gasteiger partial charge < -0.3 is 19.5 Å². The molecule has 0 aliphatic heterocycles. The Labute approximate surface area is 128 Å². The summed E-state index contributed by atoms with van der Waals surface area (Å²) in [5, 5.41) is 3.63. The van der Waals surface area contributed by atoms with Gasteiger partial charge in [0.15, 0.2) is 11.5 Å². The molecule has 21 heavy (non-hydrogen) atoms. The van der Waals surface area contributed by atoms with E-state index in [-0.39, 0.29) is 0 Å². The lowest BCUT2D eigenvalue weighted by molar-refractivity contribution is 0.342. The van der Waals surface area contributed by atoms with E-state index in [4.69, 9.17) is 25.8 Å². The lowest BCUT2D eigenvalue weighted by atomic mass is 10.2. The molecular weight excluding hydrogens is 292 g/mol. The van der Waals surface area contributed by atoms with E-state index in [2.05, 4.69) is 10.3 Å². The summed E-state index contributed by atoms with van der Waals surface area (Å²) in [7, 11) is 4.99. The molecule has 5 nitrogen and oxygen atoms in total. The number of para-hydroxylation sites is 1. The lowest BCUT2D eigenvalue weighted by Gasteiger charge is -2.14. The molecule has 0 aliphatic carbocycles. The molecule has 0 saturated heterocycles. The highest BCUT2D eigenvalue weighted by atomic mass is 35.5. The molecule has 0 saturated carbocycles. The normalized spacial score (nSPS) is 10.3. The summed E-state index contributed by atoms with van der Waals surface area (Å²) < 4.78 is 16.4. The summed E-state index contributed by atoms with van der Waals surface area (Å²) >= 11 is 6.09. The van der Waals surface area contributed by atoms with E-state index in [0.717, 1.165) is 5.56 Å². The Kier molecular flexibility index (Phi) is 5.25. The number of rotatable bonds is 6. The first-order valence-corrected chi connectivity index (χ1v) is 6.75. The summed E-state index contributed by atoms with van der Waals surface area (Å²) in [5.74, 6) is 2.04. The quantitative estimate of drug-likeness (QED) is 0.887. The fourth-order valence-corrected chi connectivity index (χ4v) is 2.03. The van der Waals surface area contributed by atoms with Crippen LogP contribution in [0.4, 0.5) is 0 Å². The van der Waals surface area contributed by atoms with Crippen molar-refractivity contribution in [2.75, 3.05) is 21.3 Å². The summed E-state index contributed by atoms with van der Waals surface area (Å²) in [6, 6.07) is 7.20. The van der Waals surface area contributed by atoms with Gasteiger partial charge in [-0.2, -0.15) is 0 Å². The van der Waals surface area contributed by atoms with Crippen LogP contribution in [0.1, 0.15) is 5.56 Å². The minimum absolute atomic E-state index is 0.424. The highest BCUT2D eigenvalue weighted by molar-refractivity contribution is 6.31. The highest BCUT2D eigenvalue weighted by Crippen LogP contribution is 2.39. The van der Waals surface area contributed by atoms with Crippen molar-refractivity contribution in [3.63, 3.8) is 0 Å². The van der Waals surface area contributed by atoms with Crippen LogP contribution in [0, 0.1) is 0 Å². The lowest BCUT2D eigenvalue weighted by Crippen LogP contribution is -2.06. The van der Waals surface area contributed by atoms with Gasteiger partial charge in [0.1, 0.15) is 0 Å². The molecule has 1 aromatic heterocycles. The standard InChI is InChI=1S/C15H17ClN2O3/c1-17-8-10-7-14(18-9-11(10)16)21-15-12(19-2)5-4-6-13(15)20-3/h4-7,9,17H,8H2,1-3H3. The van der Waals surface area contributed by atoms with Crippen molar-refractivity contribution in [3.05, 3.63) is 41.0 Å². The fourth-order valence-electron chi connectivity index (χ4n) is 1.86. The number of benzene rings is 1. The Hall–Kier alpha value is -1.98. The third kappa shape index (κ3) is 3.56. The maximum absolute atomic E-state index is 6.09. The van der Waals surface area contributed by atoms with Crippen LogP contribution in [0.15, 0.2) is 30.5 Å². The van der Waals surface area contributed by atoms with Crippen molar-refractivity contribution in [2.45, 2.75) is 6.54 Å². The maximum Gasteiger partial charge on any atom is 0.220 e. The minimum Gasteiger partial charge on any atom is -0.493 e. The van der Waals surface area contributed by atoms with Gasteiger partial charge in [0.05, 0.1) is 19.2 Å². The Morgan fingerprint density at radius 1 is 1.19 bits per heavy atom. The van der Waals surface area contributed by atoms with Gasteiger partial charge in [0, 0.05) is 18.8 Å². The molecule has 2 aromatic rings. The Morgan fingerprint density at radius 2 is 1.86 bits per heavy atom. The molecule has 2 rings (SSSR count). The molecule has 0 radical (unpaired) electrons. The van der Waals surface area contributed by atoms with Crippen LogP contribution in [0.2, 0.25) is 5.02 Å². The van der Waals surface area contributed by atoms with E-state index in [9.17, 15) is 0 Å². The van der Waals surface area contributed by atoms with Crippen molar-refractivity contribution in [3.8, 4) is 23.1 Å². The molecular formula is C15H17ClN2O3. The Morgan fingerprint density at radius 3 is 2.43 bits per heavy atom. The van der Waals surface area contributed by atoms with E-state index >= 15 is 0 Å². The number of aromatic nitrogens is 1. The zero-order valence-electron chi connectivity index (χ0n) is 12.1. The molecule has 1 heterocycles. The summed E-state index contributed by atoms with van der Waals surface area (Å²) in [4.78, 5) is 4.17. The predicted octanol–water partition coefficient (Wildman–Crippen LogP) is 3.26. The molecule has 0 unspecified atom stereocenters. The maximum atomic E-state index is 6.09. The van der Waals surface area contributed by atoms with Crippen molar-refractivity contribution in [2.24, 2.45) is 0 Å². The van der Waals surface area contributed by atoms with Crippen LogP contribution in [-0.2, 0) is 6.54 Å². The number of hydrogen-bond donors (Lipinski definition) is 1. The van der Waals surface area contributed by atoms with Crippen molar-refractivity contribution in [1.29, 1.82) is 0 Å². The molecule has 1 N–H and O–H groups in total.